The second-order valence-corrected chi connectivity index (χ2v) is 3.55. The number of alkyl halides is 1. The molecule has 3 N–H and O–H groups in total. The second kappa shape index (κ2) is 4.14. The van der Waals surface area contributed by atoms with E-state index >= 15 is 0 Å². The number of halogens is 1. The van der Waals surface area contributed by atoms with Gasteiger partial charge in [-0.25, -0.2) is 0 Å². The summed E-state index contributed by atoms with van der Waals surface area (Å²) in [6.45, 7) is 0. The normalized spacial score (nSPS) is 15.4. The van der Waals surface area contributed by atoms with Crippen LogP contribution in [0, 0.1) is 0 Å². The van der Waals surface area contributed by atoms with Crippen molar-refractivity contribution in [3.05, 3.63) is 23.8 Å². The van der Waals surface area contributed by atoms with E-state index in [2.05, 4.69) is 15.4 Å². The smallest absolute Gasteiger partial charge is 0.113 e. The Labute approximate surface area is 90.7 Å². The molecule has 1 heterocycles. The number of aromatic nitrogens is 3. The summed E-state index contributed by atoms with van der Waals surface area (Å²) in [6.07, 6.45) is -1.97. The van der Waals surface area contributed by atoms with Crippen molar-refractivity contribution in [1.29, 1.82) is 0 Å². The molecule has 0 amide bonds. The maximum Gasteiger partial charge on any atom is 0.113 e. The van der Waals surface area contributed by atoms with Crippen molar-refractivity contribution in [2.75, 3.05) is 5.88 Å². The van der Waals surface area contributed by atoms with Crippen molar-refractivity contribution in [2.24, 2.45) is 0 Å². The van der Waals surface area contributed by atoms with E-state index in [4.69, 9.17) is 11.6 Å². The van der Waals surface area contributed by atoms with Gasteiger partial charge < -0.3 is 10.2 Å². The van der Waals surface area contributed by atoms with E-state index in [0.717, 1.165) is 0 Å². The number of hydrogen-bond donors (Lipinski definition) is 3. The molecule has 0 aliphatic carbocycles. The average Bonchev–Trinajstić information content (AvgIpc) is 2.73. The van der Waals surface area contributed by atoms with Gasteiger partial charge in [-0.15, -0.1) is 11.6 Å². The standard InChI is InChI=1S/C9H10ClN3O2/c10-4-8(14)9(15)5-1-2-6-7(3-5)12-13-11-6/h1-3,8-9,14-15H,4H2,(H,11,12,13). The molecule has 0 radical (unpaired) electrons. The molecule has 0 bridgehead atoms. The molecule has 0 aliphatic rings. The number of nitrogens with one attached hydrogen (secondary N) is 1. The van der Waals surface area contributed by atoms with Crippen LogP contribution in [0.1, 0.15) is 11.7 Å². The molecule has 2 rings (SSSR count). The first kappa shape index (κ1) is 10.4. The van der Waals surface area contributed by atoms with E-state index in [1.807, 2.05) is 0 Å². The number of aliphatic hydroxyl groups excluding tert-OH is 2. The molecule has 15 heavy (non-hydrogen) atoms. The molecular weight excluding hydrogens is 218 g/mol. The molecule has 1 aromatic heterocycles. The Bertz CT molecular complexity index is 459. The molecule has 1 aromatic carbocycles. The fourth-order valence-corrected chi connectivity index (χ4v) is 1.52. The van der Waals surface area contributed by atoms with E-state index in [9.17, 15) is 10.2 Å². The van der Waals surface area contributed by atoms with E-state index in [1.54, 1.807) is 18.2 Å². The third-order valence-corrected chi connectivity index (χ3v) is 2.52. The zero-order chi connectivity index (χ0) is 10.8. The van der Waals surface area contributed by atoms with Crippen LogP contribution in [0.4, 0.5) is 0 Å². The number of aliphatic hydroxyl groups is 2. The number of nitrogens with zero attached hydrogens (tertiary/aromatic N) is 2. The molecule has 5 nitrogen and oxygen atoms in total. The van der Waals surface area contributed by atoms with Gasteiger partial charge in [0, 0.05) is 0 Å². The van der Waals surface area contributed by atoms with Gasteiger partial charge in [0.15, 0.2) is 0 Å². The van der Waals surface area contributed by atoms with Crippen molar-refractivity contribution in [2.45, 2.75) is 12.2 Å². The lowest BCUT2D eigenvalue weighted by Gasteiger charge is -2.15. The van der Waals surface area contributed by atoms with E-state index in [1.165, 1.54) is 0 Å². The Morgan fingerprint density at radius 3 is 2.73 bits per heavy atom. The van der Waals surface area contributed by atoms with Crippen LogP contribution in [0.15, 0.2) is 18.2 Å². The quantitative estimate of drug-likeness (QED) is 0.671. The Balaban J connectivity index is 2.35. The maximum atomic E-state index is 9.69. The Morgan fingerprint density at radius 1 is 1.27 bits per heavy atom. The minimum absolute atomic E-state index is 0.0159. The highest BCUT2D eigenvalue weighted by Gasteiger charge is 2.17. The number of hydrogen-bond acceptors (Lipinski definition) is 4. The lowest BCUT2D eigenvalue weighted by atomic mass is 10.0. The van der Waals surface area contributed by atoms with Gasteiger partial charge >= 0.3 is 0 Å². The summed E-state index contributed by atoms with van der Waals surface area (Å²) >= 11 is 5.45. The largest absolute Gasteiger partial charge is 0.389 e. The van der Waals surface area contributed by atoms with Gasteiger partial charge in [-0.3, -0.25) is 0 Å². The van der Waals surface area contributed by atoms with Gasteiger partial charge in [-0.1, -0.05) is 6.07 Å². The highest BCUT2D eigenvalue weighted by Crippen LogP contribution is 2.20. The van der Waals surface area contributed by atoms with Gasteiger partial charge in [0.25, 0.3) is 0 Å². The van der Waals surface area contributed by atoms with Crippen LogP contribution in [-0.2, 0) is 0 Å². The third-order valence-electron chi connectivity index (χ3n) is 2.20. The number of fused-ring (bicyclic) bond motifs is 1. The first-order chi connectivity index (χ1) is 7.22. The van der Waals surface area contributed by atoms with Crippen molar-refractivity contribution in [3.63, 3.8) is 0 Å². The Kier molecular flexibility index (Phi) is 2.86. The SMILES string of the molecule is OC(CCl)C(O)c1ccc2n[nH]nc2c1. The summed E-state index contributed by atoms with van der Waals surface area (Å²) in [4.78, 5) is 0. The third kappa shape index (κ3) is 1.94. The van der Waals surface area contributed by atoms with Crippen LogP contribution in [0.2, 0.25) is 0 Å². The van der Waals surface area contributed by atoms with Crippen LogP contribution in [-0.4, -0.2) is 37.6 Å². The van der Waals surface area contributed by atoms with Crippen LogP contribution in [0.5, 0.6) is 0 Å². The van der Waals surface area contributed by atoms with Gasteiger partial charge in [-0.05, 0) is 17.7 Å². The number of rotatable bonds is 3. The van der Waals surface area contributed by atoms with Crippen LogP contribution in [0.25, 0.3) is 11.0 Å². The van der Waals surface area contributed by atoms with Gasteiger partial charge in [0.1, 0.15) is 17.1 Å². The van der Waals surface area contributed by atoms with Gasteiger partial charge in [0.05, 0.1) is 12.0 Å². The van der Waals surface area contributed by atoms with Crippen molar-refractivity contribution in [3.8, 4) is 0 Å². The average molecular weight is 228 g/mol. The first-order valence-corrected chi connectivity index (χ1v) is 4.98. The van der Waals surface area contributed by atoms with Crippen molar-refractivity contribution < 1.29 is 10.2 Å². The molecule has 80 valence electrons. The van der Waals surface area contributed by atoms with Crippen molar-refractivity contribution in [1.82, 2.24) is 15.4 Å². The molecule has 0 fully saturated rings. The second-order valence-electron chi connectivity index (χ2n) is 3.24. The Hall–Kier alpha value is -1.17. The predicted molar refractivity (Wildman–Crippen MR) is 55.6 cm³/mol. The zero-order valence-corrected chi connectivity index (χ0v) is 8.52. The molecule has 0 saturated carbocycles. The van der Waals surface area contributed by atoms with Crippen LogP contribution in [0.3, 0.4) is 0 Å². The van der Waals surface area contributed by atoms with Gasteiger partial charge in [-0.2, -0.15) is 15.4 Å². The number of aromatic amines is 1. The lowest BCUT2D eigenvalue weighted by molar-refractivity contribution is 0.0328. The monoisotopic (exact) mass is 227 g/mol. The first-order valence-electron chi connectivity index (χ1n) is 4.45. The van der Waals surface area contributed by atoms with E-state index in [-0.39, 0.29) is 5.88 Å². The molecule has 0 spiro atoms. The summed E-state index contributed by atoms with van der Waals surface area (Å²) in [5, 5.41) is 29.3. The fraction of sp³-hybridized carbons (Fsp3) is 0.333. The maximum absolute atomic E-state index is 9.69. The topological polar surface area (TPSA) is 82.0 Å². The molecular formula is C9H10ClN3O2. The van der Waals surface area contributed by atoms with E-state index in [0.29, 0.717) is 16.6 Å². The highest BCUT2D eigenvalue weighted by molar-refractivity contribution is 6.18. The number of H-pyrrole nitrogens is 1. The molecule has 2 aromatic rings. The summed E-state index contributed by atoms with van der Waals surface area (Å²) in [6, 6.07) is 5.07. The zero-order valence-electron chi connectivity index (χ0n) is 7.76. The lowest BCUT2D eigenvalue weighted by Crippen LogP contribution is -2.19. The number of benzene rings is 1. The molecule has 2 unspecified atom stereocenters. The summed E-state index contributed by atoms with van der Waals surface area (Å²) in [5.41, 5.74) is 1.93. The fourth-order valence-electron chi connectivity index (χ4n) is 1.35. The molecule has 0 aliphatic heterocycles. The summed E-state index contributed by atoms with van der Waals surface area (Å²) < 4.78 is 0. The van der Waals surface area contributed by atoms with Gasteiger partial charge in [0.2, 0.25) is 0 Å². The minimum atomic E-state index is -0.997. The summed E-state index contributed by atoms with van der Waals surface area (Å²) in [7, 11) is 0. The molecule has 2 atom stereocenters. The predicted octanol–water partition coefficient (Wildman–Crippen LogP) is 0.591. The van der Waals surface area contributed by atoms with E-state index < -0.39 is 12.2 Å². The molecule has 0 saturated heterocycles. The molecule has 6 heteroatoms. The van der Waals surface area contributed by atoms with Crippen LogP contribution < -0.4 is 0 Å². The summed E-state index contributed by atoms with van der Waals surface area (Å²) in [5.74, 6) is -0.0159. The minimum Gasteiger partial charge on any atom is -0.389 e. The van der Waals surface area contributed by atoms with Crippen molar-refractivity contribution >= 4 is 22.6 Å². The Morgan fingerprint density at radius 2 is 2.00 bits per heavy atom. The highest BCUT2D eigenvalue weighted by atomic mass is 35.5. The van der Waals surface area contributed by atoms with Crippen LogP contribution >= 0.6 is 11.6 Å².